The minimum absolute atomic E-state index is 0.160. The van der Waals surface area contributed by atoms with Crippen LogP contribution in [0, 0.1) is 5.82 Å². The molecule has 3 rings (SSSR count). The minimum atomic E-state index is -0.219. The number of aromatic nitrogens is 2. The summed E-state index contributed by atoms with van der Waals surface area (Å²) in [5, 5.41) is 7.86. The Bertz CT molecular complexity index is 616. The lowest BCUT2D eigenvalue weighted by atomic mass is 10.1. The Hall–Kier alpha value is -1.68. The molecule has 0 bridgehead atoms. The number of halogens is 1. The molecule has 112 valence electrons. The standard InChI is InChI=1S/C17H22FN3/c1-3-9-19-12(2)14-6-7-17(15(18)11-14)21-10-8-16(20-21)13-4-5-13/h6-8,10-13,19H,3-5,9H2,1-2H3. The first-order valence-corrected chi connectivity index (χ1v) is 7.77. The maximum Gasteiger partial charge on any atom is 0.149 e. The molecule has 1 atom stereocenters. The van der Waals surface area contributed by atoms with Gasteiger partial charge in [0.15, 0.2) is 0 Å². The van der Waals surface area contributed by atoms with Crippen molar-refractivity contribution in [2.75, 3.05) is 6.54 Å². The fourth-order valence-electron chi connectivity index (χ4n) is 2.53. The quantitative estimate of drug-likeness (QED) is 0.872. The molecule has 1 fully saturated rings. The van der Waals surface area contributed by atoms with Crippen molar-refractivity contribution >= 4 is 0 Å². The summed E-state index contributed by atoms with van der Waals surface area (Å²) >= 11 is 0. The average molecular weight is 287 g/mol. The summed E-state index contributed by atoms with van der Waals surface area (Å²) in [4.78, 5) is 0. The highest BCUT2D eigenvalue weighted by Gasteiger charge is 2.26. The van der Waals surface area contributed by atoms with Crippen LogP contribution >= 0.6 is 0 Å². The molecule has 0 spiro atoms. The van der Waals surface area contributed by atoms with Crippen molar-refractivity contribution in [3.05, 3.63) is 47.5 Å². The topological polar surface area (TPSA) is 29.9 Å². The largest absolute Gasteiger partial charge is 0.310 e. The summed E-state index contributed by atoms with van der Waals surface area (Å²) in [5.41, 5.74) is 2.57. The molecule has 1 aliphatic carbocycles. The van der Waals surface area contributed by atoms with Crippen LogP contribution < -0.4 is 5.32 Å². The lowest BCUT2D eigenvalue weighted by Crippen LogP contribution is -2.19. The van der Waals surface area contributed by atoms with E-state index in [0.29, 0.717) is 11.6 Å². The number of rotatable bonds is 6. The Balaban J connectivity index is 1.79. The Morgan fingerprint density at radius 3 is 2.86 bits per heavy atom. The maximum atomic E-state index is 14.4. The van der Waals surface area contributed by atoms with Crippen molar-refractivity contribution in [3.63, 3.8) is 0 Å². The Morgan fingerprint density at radius 2 is 2.19 bits per heavy atom. The molecular formula is C17H22FN3. The highest BCUT2D eigenvalue weighted by atomic mass is 19.1. The lowest BCUT2D eigenvalue weighted by Gasteiger charge is -2.14. The highest BCUT2D eigenvalue weighted by Crippen LogP contribution is 2.39. The fourth-order valence-corrected chi connectivity index (χ4v) is 2.53. The van der Waals surface area contributed by atoms with Gasteiger partial charge in [0.25, 0.3) is 0 Å². The number of hydrogen-bond donors (Lipinski definition) is 1. The first-order valence-electron chi connectivity index (χ1n) is 7.77. The van der Waals surface area contributed by atoms with Gasteiger partial charge >= 0.3 is 0 Å². The Kier molecular flexibility index (Phi) is 4.06. The summed E-state index contributed by atoms with van der Waals surface area (Å²) < 4.78 is 16.0. The van der Waals surface area contributed by atoms with Gasteiger partial charge in [0, 0.05) is 18.2 Å². The monoisotopic (exact) mass is 287 g/mol. The van der Waals surface area contributed by atoms with E-state index in [2.05, 4.69) is 24.3 Å². The van der Waals surface area contributed by atoms with E-state index < -0.39 is 0 Å². The number of hydrogen-bond acceptors (Lipinski definition) is 2. The van der Waals surface area contributed by atoms with Crippen LogP contribution in [0.4, 0.5) is 4.39 Å². The first kappa shape index (κ1) is 14.3. The van der Waals surface area contributed by atoms with Crippen molar-refractivity contribution in [3.8, 4) is 5.69 Å². The van der Waals surface area contributed by atoms with Crippen LogP contribution in [-0.2, 0) is 0 Å². The van der Waals surface area contributed by atoms with Gasteiger partial charge in [0.05, 0.1) is 5.69 Å². The summed E-state index contributed by atoms with van der Waals surface area (Å²) in [6.07, 6.45) is 5.34. The highest BCUT2D eigenvalue weighted by molar-refractivity contribution is 5.37. The van der Waals surface area contributed by atoms with Crippen LogP contribution in [-0.4, -0.2) is 16.3 Å². The van der Waals surface area contributed by atoms with Gasteiger partial charge in [-0.3, -0.25) is 0 Å². The molecule has 3 nitrogen and oxygen atoms in total. The van der Waals surface area contributed by atoms with Gasteiger partial charge in [-0.15, -0.1) is 0 Å². The number of nitrogens with zero attached hydrogens (tertiary/aromatic N) is 2. The Labute approximate surface area is 125 Å². The third kappa shape index (κ3) is 3.16. The second-order valence-corrected chi connectivity index (χ2v) is 5.85. The van der Waals surface area contributed by atoms with E-state index >= 15 is 0 Å². The molecule has 0 radical (unpaired) electrons. The molecule has 21 heavy (non-hydrogen) atoms. The zero-order chi connectivity index (χ0) is 14.8. The zero-order valence-electron chi connectivity index (χ0n) is 12.6. The van der Waals surface area contributed by atoms with Crippen LogP contribution in [0.1, 0.15) is 56.3 Å². The SMILES string of the molecule is CCCNC(C)c1ccc(-n2ccc(C3CC3)n2)c(F)c1. The van der Waals surface area contributed by atoms with Gasteiger partial charge in [0.2, 0.25) is 0 Å². The summed E-state index contributed by atoms with van der Waals surface area (Å²) in [6, 6.07) is 7.56. The molecule has 0 saturated heterocycles. The molecule has 1 aromatic carbocycles. The summed E-state index contributed by atoms with van der Waals surface area (Å²) in [5.74, 6) is 0.370. The molecule has 4 heteroatoms. The molecule has 1 saturated carbocycles. The van der Waals surface area contributed by atoms with Crippen molar-refractivity contribution in [2.45, 2.75) is 45.1 Å². The van der Waals surface area contributed by atoms with Crippen molar-refractivity contribution in [1.82, 2.24) is 15.1 Å². The van der Waals surface area contributed by atoms with Crippen LogP contribution in [0.5, 0.6) is 0 Å². The van der Waals surface area contributed by atoms with Crippen LogP contribution in [0.15, 0.2) is 30.5 Å². The van der Waals surface area contributed by atoms with E-state index in [1.807, 2.05) is 24.4 Å². The van der Waals surface area contributed by atoms with Crippen molar-refractivity contribution in [2.24, 2.45) is 0 Å². The molecule has 1 N–H and O–H groups in total. The second-order valence-electron chi connectivity index (χ2n) is 5.85. The molecule has 1 aliphatic rings. The third-order valence-electron chi connectivity index (χ3n) is 4.02. The van der Waals surface area contributed by atoms with Crippen LogP contribution in [0.3, 0.4) is 0 Å². The van der Waals surface area contributed by atoms with E-state index in [1.165, 1.54) is 12.8 Å². The normalized spacial score (nSPS) is 16.1. The van der Waals surface area contributed by atoms with E-state index in [1.54, 1.807) is 10.7 Å². The number of benzene rings is 1. The van der Waals surface area contributed by atoms with Gasteiger partial charge in [0.1, 0.15) is 11.5 Å². The van der Waals surface area contributed by atoms with Crippen molar-refractivity contribution in [1.29, 1.82) is 0 Å². The van der Waals surface area contributed by atoms with E-state index in [0.717, 1.165) is 24.2 Å². The molecule has 1 aromatic heterocycles. The van der Waals surface area contributed by atoms with Crippen LogP contribution in [0.25, 0.3) is 5.69 Å². The molecule has 1 unspecified atom stereocenters. The van der Waals surface area contributed by atoms with Gasteiger partial charge in [-0.05, 0) is 56.5 Å². The molecule has 0 aliphatic heterocycles. The van der Waals surface area contributed by atoms with Crippen LogP contribution in [0.2, 0.25) is 0 Å². The summed E-state index contributed by atoms with van der Waals surface area (Å²) in [7, 11) is 0. The predicted molar refractivity (Wildman–Crippen MR) is 82.2 cm³/mol. The maximum absolute atomic E-state index is 14.4. The van der Waals surface area contributed by atoms with E-state index in [-0.39, 0.29) is 11.9 Å². The van der Waals surface area contributed by atoms with Gasteiger partial charge < -0.3 is 5.32 Å². The fraction of sp³-hybridized carbons (Fsp3) is 0.471. The lowest BCUT2D eigenvalue weighted by molar-refractivity contribution is 0.559. The molecule has 2 aromatic rings. The van der Waals surface area contributed by atoms with E-state index in [4.69, 9.17) is 0 Å². The van der Waals surface area contributed by atoms with Gasteiger partial charge in [-0.2, -0.15) is 5.10 Å². The molecular weight excluding hydrogens is 265 g/mol. The first-order chi connectivity index (χ1) is 10.2. The minimum Gasteiger partial charge on any atom is -0.310 e. The zero-order valence-corrected chi connectivity index (χ0v) is 12.6. The third-order valence-corrected chi connectivity index (χ3v) is 4.02. The smallest absolute Gasteiger partial charge is 0.149 e. The molecule has 1 heterocycles. The molecule has 0 amide bonds. The van der Waals surface area contributed by atoms with Gasteiger partial charge in [-0.25, -0.2) is 9.07 Å². The number of nitrogens with one attached hydrogen (secondary N) is 1. The van der Waals surface area contributed by atoms with Gasteiger partial charge in [-0.1, -0.05) is 13.0 Å². The average Bonchev–Trinajstić information content (AvgIpc) is 3.23. The second kappa shape index (κ2) is 5.98. The predicted octanol–water partition coefficient (Wildman–Crippen LogP) is 3.95. The van der Waals surface area contributed by atoms with E-state index in [9.17, 15) is 4.39 Å². The summed E-state index contributed by atoms with van der Waals surface area (Å²) in [6.45, 7) is 5.12. The van der Waals surface area contributed by atoms with Crippen molar-refractivity contribution < 1.29 is 4.39 Å². The Morgan fingerprint density at radius 1 is 1.38 bits per heavy atom.